The van der Waals surface area contributed by atoms with Gasteiger partial charge < -0.3 is 10.6 Å². The van der Waals surface area contributed by atoms with Crippen LogP contribution in [0.25, 0.3) is 0 Å². The van der Waals surface area contributed by atoms with Gasteiger partial charge in [-0.2, -0.15) is 0 Å². The molecule has 70 valence electrons. The second kappa shape index (κ2) is 3.03. The zero-order valence-electron chi connectivity index (χ0n) is 7.12. The summed E-state index contributed by atoms with van der Waals surface area (Å²) < 4.78 is 0. The Morgan fingerprint density at radius 3 is 3.15 bits per heavy atom. The first-order valence-electron chi connectivity index (χ1n) is 4.08. The lowest BCUT2D eigenvalue weighted by Gasteiger charge is -2.29. The van der Waals surface area contributed by atoms with E-state index in [4.69, 9.17) is 11.6 Å². The Hall–Kier alpha value is -1.03. The zero-order chi connectivity index (χ0) is 9.42. The van der Waals surface area contributed by atoms with Crippen molar-refractivity contribution in [3.8, 4) is 0 Å². The lowest BCUT2D eigenvalue weighted by Crippen LogP contribution is -2.47. The number of carbonyl (C=O) groups is 1. The van der Waals surface area contributed by atoms with Crippen LogP contribution in [0.2, 0.25) is 0 Å². The number of amidine groups is 1. The van der Waals surface area contributed by atoms with Gasteiger partial charge in [-0.05, 0) is 6.92 Å². The van der Waals surface area contributed by atoms with Crippen LogP contribution in [0.3, 0.4) is 0 Å². The first-order chi connectivity index (χ1) is 6.22. The second-order valence-corrected chi connectivity index (χ2v) is 3.63. The van der Waals surface area contributed by atoms with E-state index in [0.29, 0.717) is 5.57 Å². The number of aldehydes is 1. The van der Waals surface area contributed by atoms with E-state index in [0.717, 1.165) is 12.1 Å². The monoisotopic (exact) mass is 199 g/mol. The van der Waals surface area contributed by atoms with Crippen LogP contribution in [0.1, 0.15) is 6.92 Å². The fourth-order valence-electron chi connectivity index (χ4n) is 1.66. The Bertz CT molecular complexity index is 300. The Morgan fingerprint density at radius 2 is 2.46 bits per heavy atom. The molecule has 2 aliphatic rings. The highest BCUT2D eigenvalue weighted by Crippen LogP contribution is 2.28. The number of rotatable bonds is 1. The molecule has 4 nitrogen and oxygen atoms in total. The fourth-order valence-corrected chi connectivity index (χ4v) is 2.10. The van der Waals surface area contributed by atoms with E-state index in [2.05, 4.69) is 15.6 Å². The fraction of sp³-hybridized carbons (Fsp3) is 0.500. The largest absolute Gasteiger partial charge is 0.369 e. The summed E-state index contributed by atoms with van der Waals surface area (Å²) in [5, 5.41) is 6.01. The molecule has 0 radical (unpaired) electrons. The first-order valence-corrected chi connectivity index (χ1v) is 4.52. The molecule has 0 saturated carbocycles. The van der Waals surface area contributed by atoms with Gasteiger partial charge in [0.05, 0.1) is 11.8 Å². The highest BCUT2D eigenvalue weighted by molar-refractivity contribution is 6.22. The predicted molar refractivity (Wildman–Crippen MR) is 50.4 cm³/mol. The van der Waals surface area contributed by atoms with Crippen molar-refractivity contribution in [2.45, 2.75) is 18.6 Å². The molecular weight excluding hydrogens is 190 g/mol. The number of hydrogen-bond donors (Lipinski definition) is 2. The quantitative estimate of drug-likeness (QED) is 0.361. The summed E-state index contributed by atoms with van der Waals surface area (Å²) in [5.41, 5.74) is 0.419. The molecule has 2 N–H and O–H groups in total. The Balaban J connectivity index is 2.27. The van der Waals surface area contributed by atoms with E-state index in [9.17, 15) is 4.79 Å². The van der Waals surface area contributed by atoms with Crippen LogP contribution in [-0.2, 0) is 4.79 Å². The molecule has 2 heterocycles. The molecule has 0 saturated heterocycles. The minimum atomic E-state index is -0.256. The molecule has 0 aromatic rings. The van der Waals surface area contributed by atoms with E-state index in [1.54, 1.807) is 6.20 Å². The molecule has 13 heavy (non-hydrogen) atoms. The smallest absolute Gasteiger partial charge is 0.148 e. The van der Waals surface area contributed by atoms with E-state index < -0.39 is 0 Å². The number of hydrogen-bond acceptors (Lipinski definition) is 4. The van der Waals surface area contributed by atoms with Gasteiger partial charge >= 0.3 is 0 Å². The molecule has 0 aromatic heterocycles. The third-order valence-corrected chi connectivity index (χ3v) is 2.66. The normalized spacial score (nSPS) is 36.6. The summed E-state index contributed by atoms with van der Waals surface area (Å²) in [7, 11) is 0. The molecule has 1 unspecified atom stereocenters. The van der Waals surface area contributed by atoms with Crippen molar-refractivity contribution >= 4 is 23.7 Å². The lowest BCUT2D eigenvalue weighted by atomic mass is 9.99. The molecule has 0 fully saturated rings. The molecule has 0 amide bonds. The highest BCUT2D eigenvalue weighted by Gasteiger charge is 2.37. The van der Waals surface area contributed by atoms with Crippen molar-refractivity contribution in [3.63, 3.8) is 0 Å². The number of nitrogens with one attached hydrogen (secondary N) is 2. The van der Waals surface area contributed by atoms with Crippen LogP contribution in [0.5, 0.6) is 0 Å². The van der Waals surface area contributed by atoms with Gasteiger partial charge in [0, 0.05) is 11.8 Å². The Labute approximate surface area is 81.1 Å². The van der Waals surface area contributed by atoms with Crippen molar-refractivity contribution in [2.75, 3.05) is 0 Å². The number of aliphatic imine (C=N–C) groups is 1. The van der Waals surface area contributed by atoms with E-state index >= 15 is 0 Å². The summed E-state index contributed by atoms with van der Waals surface area (Å²) in [6, 6.07) is 0. The van der Waals surface area contributed by atoms with Crippen LogP contribution in [0, 0.1) is 5.92 Å². The number of carbonyl (C=O) groups excluding carboxylic acids is 1. The molecule has 2 rings (SSSR count). The number of alkyl halides is 1. The number of halogens is 1. The Morgan fingerprint density at radius 1 is 1.69 bits per heavy atom. The summed E-state index contributed by atoms with van der Waals surface area (Å²) in [6.45, 7) is 1.85. The van der Waals surface area contributed by atoms with Crippen molar-refractivity contribution in [1.29, 1.82) is 0 Å². The molecule has 0 spiro atoms. The average molecular weight is 200 g/mol. The third-order valence-electron chi connectivity index (χ3n) is 2.28. The molecule has 0 aromatic carbocycles. The average Bonchev–Trinajstić information content (AvgIpc) is 2.47. The topological polar surface area (TPSA) is 53.5 Å². The van der Waals surface area contributed by atoms with Crippen molar-refractivity contribution in [1.82, 2.24) is 10.6 Å². The maximum absolute atomic E-state index is 10.6. The maximum atomic E-state index is 10.6. The predicted octanol–water partition coefficient (Wildman–Crippen LogP) is 0.201. The van der Waals surface area contributed by atoms with Gasteiger partial charge in [-0.3, -0.25) is 4.79 Å². The molecular formula is C8H10ClN3O. The molecule has 5 heteroatoms. The van der Waals surface area contributed by atoms with Crippen molar-refractivity contribution < 1.29 is 4.79 Å². The van der Waals surface area contributed by atoms with E-state index in [1.165, 1.54) is 0 Å². The van der Waals surface area contributed by atoms with E-state index in [-0.39, 0.29) is 17.6 Å². The second-order valence-electron chi connectivity index (χ2n) is 3.16. The van der Waals surface area contributed by atoms with Crippen molar-refractivity contribution in [2.24, 2.45) is 10.9 Å². The van der Waals surface area contributed by atoms with Gasteiger partial charge in [0.1, 0.15) is 18.0 Å². The van der Waals surface area contributed by atoms with Crippen LogP contribution < -0.4 is 10.6 Å². The number of nitrogens with zero attached hydrogens (tertiary/aromatic N) is 1. The minimum Gasteiger partial charge on any atom is -0.369 e. The van der Waals surface area contributed by atoms with Gasteiger partial charge in [0.25, 0.3) is 0 Å². The van der Waals surface area contributed by atoms with Crippen LogP contribution >= 0.6 is 11.6 Å². The summed E-state index contributed by atoms with van der Waals surface area (Å²) >= 11 is 6.05. The SMILES string of the molecule is CC1=NC2NC=C(C=O)[C@@H]2[C@H](Cl)N1. The summed E-state index contributed by atoms with van der Waals surface area (Å²) in [6.07, 6.45) is 2.43. The minimum absolute atomic E-state index is 0.0529. The van der Waals surface area contributed by atoms with Gasteiger partial charge in [0.2, 0.25) is 0 Å². The zero-order valence-corrected chi connectivity index (χ0v) is 7.88. The highest BCUT2D eigenvalue weighted by atomic mass is 35.5. The maximum Gasteiger partial charge on any atom is 0.148 e. The van der Waals surface area contributed by atoms with Gasteiger partial charge in [0.15, 0.2) is 0 Å². The Kier molecular flexibility index (Phi) is 2.00. The summed E-state index contributed by atoms with van der Waals surface area (Å²) in [4.78, 5) is 14.9. The third kappa shape index (κ3) is 1.31. The van der Waals surface area contributed by atoms with E-state index in [1.807, 2.05) is 6.92 Å². The van der Waals surface area contributed by atoms with Gasteiger partial charge in [-0.1, -0.05) is 11.6 Å². The van der Waals surface area contributed by atoms with Crippen LogP contribution in [0.15, 0.2) is 16.8 Å². The lowest BCUT2D eigenvalue weighted by molar-refractivity contribution is -0.105. The number of fused-ring (bicyclic) bond motifs is 1. The van der Waals surface area contributed by atoms with Gasteiger partial charge in [-0.25, -0.2) is 4.99 Å². The molecule has 0 aliphatic carbocycles. The standard InChI is InChI=1S/C8H10ClN3O/c1-4-11-7(9)6-5(3-13)2-10-8(6)12-4/h2-3,6-8,10H,1H3,(H,11,12)/t6-,7-,8?/m1/s1. The van der Waals surface area contributed by atoms with Crippen LogP contribution in [0.4, 0.5) is 0 Å². The first kappa shape index (κ1) is 8.56. The molecule has 2 aliphatic heterocycles. The molecule has 3 atom stereocenters. The summed E-state index contributed by atoms with van der Waals surface area (Å²) in [5.74, 6) is 0.747. The van der Waals surface area contributed by atoms with Crippen LogP contribution in [-0.4, -0.2) is 23.8 Å². The van der Waals surface area contributed by atoms with Gasteiger partial charge in [-0.15, -0.1) is 0 Å². The molecule has 0 bridgehead atoms. The van der Waals surface area contributed by atoms with Crippen molar-refractivity contribution in [3.05, 3.63) is 11.8 Å².